The fraction of sp³-hybridized carbons (Fsp3) is 0.935. The fourth-order valence-electron chi connectivity index (χ4n) is 9.94. The predicted molar refractivity (Wildman–Crippen MR) is 140 cm³/mol. The van der Waals surface area contributed by atoms with Crippen LogP contribution in [0, 0.1) is 52.3 Å². The molecule has 0 aliphatic heterocycles. The molecule has 4 saturated carbocycles. The van der Waals surface area contributed by atoms with E-state index in [4.69, 9.17) is 9.47 Å². The SMILES string of the molecule is CC(=O)O[C@H]1CC[C@@]2(C)[C@H](C1)[C@@H](OC(C)=O)C[C@@H]1[C@@H]2CC[C@]2(C)[C@@H]([C@@H](C)CCCC(C)C)CC[C@@H]12. The molecule has 4 heteroatoms. The van der Waals surface area contributed by atoms with E-state index in [0.29, 0.717) is 23.2 Å². The number of fused-ring (bicyclic) bond motifs is 5. The van der Waals surface area contributed by atoms with Crippen LogP contribution in [0.15, 0.2) is 0 Å². The summed E-state index contributed by atoms with van der Waals surface area (Å²) in [4.78, 5) is 23.9. The number of ether oxygens (including phenoxy) is 2. The van der Waals surface area contributed by atoms with E-state index in [1.807, 2.05) is 0 Å². The molecule has 0 bridgehead atoms. The van der Waals surface area contributed by atoms with E-state index in [-0.39, 0.29) is 29.6 Å². The maximum Gasteiger partial charge on any atom is 0.302 e. The zero-order valence-corrected chi connectivity index (χ0v) is 23.6. The van der Waals surface area contributed by atoms with Crippen LogP contribution in [-0.4, -0.2) is 24.1 Å². The molecule has 0 spiro atoms. The number of carbonyl (C=O) groups is 2. The summed E-state index contributed by atoms with van der Waals surface area (Å²) in [6, 6.07) is 0. The van der Waals surface area contributed by atoms with E-state index in [9.17, 15) is 9.59 Å². The van der Waals surface area contributed by atoms with Gasteiger partial charge in [-0.15, -0.1) is 0 Å². The minimum Gasteiger partial charge on any atom is -0.463 e. The molecule has 4 rings (SSSR count). The Balaban J connectivity index is 1.54. The standard InChI is InChI=1S/C31H52O4/c1-19(2)9-8-10-20(3)25-11-12-26-24-18-29(35-22(5)33)28-17-23(34-21(4)32)13-15-31(28,7)27(24)14-16-30(25,26)6/h19-20,23-29H,8-18H2,1-7H3/t20-,23-,24-,25+,26-,27-,28+,29-,30+,31+/m0/s1. The number of hydrogen-bond donors (Lipinski definition) is 0. The summed E-state index contributed by atoms with van der Waals surface area (Å²) in [6.45, 7) is 15.4. The summed E-state index contributed by atoms with van der Waals surface area (Å²) >= 11 is 0. The zero-order valence-electron chi connectivity index (χ0n) is 23.6. The highest BCUT2D eigenvalue weighted by atomic mass is 16.5. The molecule has 0 aromatic heterocycles. The van der Waals surface area contributed by atoms with Crippen molar-refractivity contribution in [3.05, 3.63) is 0 Å². The first-order valence-electron chi connectivity index (χ1n) is 14.8. The molecule has 4 aliphatic rings. The van der Waals surface area contributed by atoms with Gasteiger partial charge in [-0.3, -0.25) is 9.59 Å². The lowest BCUT2D eigenvalue weighted by atomic mass is 9.43. The number of esters is 2. The Kier molecular flexibility index (Phi) is 7.99. The van der Waals surface area contributed by atoms with E-state index >= 15 is 0 Å². The summed E-state index contributed by atoms with van der Waals surface area (Å²) in [7, 11) is 0. The van der Waals surface area contributed by atoms with Gasteiger partial charge in [-0.25, -0.2) is 0 Å². The molecule has 0 radical (unpaired) electrons. The second-order valence-electron chi connectivity index (χ2n) is 13.9. The van der Waals surface area contributed by atoms with Gasteiger partial charge in [0.2, 0.25) is 0 Å². The zero-order chi connectivity index (χ0) is 25.5. The van der Waals surface area contributed by atoms with E-state index in [0.717, 1.165) is 49.4 Å². The second-order valence-corrected chi connectivity index (χ2v) is 13.9. The molecule has 0 aromatic rings. The van der Waals surface area contributed by atoms with Crippen LogP contribution in [0.4, 0.5) is 0 Å². The maximum atomic E-state index is 12.2. The molecule has 4 aliphatic carbocycles. The fourth-order valence-corrected chi connectivity index (χ4v) is 9.94. The molecule has 4 nitrogen and oxygen atoms in total. The van der Waals surface area contributed by atoms with E-state index in [1.54, 1.807) is 6.92 Å². The third-order valence-corrected chi connectivity index (χ3v) is 11.5. The van der Waals surface area contributed by atoms with Crippen molar-refractivity contribution in [3.8, 4) is 0 Å². The lowest BCUT2D eigenvalue weighted by Crippen LogP contribution is -2.59. The van der Waals surface area contributed by atoms with Crippen LogP contribution in [0.2, 0.25) is 0 Å². The van der Waals surface area contributed by atoms with Crippen molar-refractivity contribution in [2.75, 3.05) is 0 Å². The Hall–Kier alpha value is -1.06. The van der Waals surface area contributed by atoms with Crippen LogP contribution < -0.4 is 0 Å². The predicted octanol–water partition coefficient (Wildman–Crippen LogP) is 7.58. The molecule has 0 saturated heterocycles. The van der Waals surface area contributed by atoms with Crippen LogP contribution in [0.3, 0.4) is 0 Å². The van der Waals surface area contributed by atoms with Crippen LogP contribution in [-0.2, 0) is 19.1 Å². The number of hydrogen-bond acceptors (Lipinski definition) is 4. The first-order valence-corrected chi connectivity index (χ1v) is 14.8. The Labute approximate surface area is 214 Å². The van der Waals surface area contributed by atoms with Crippen molar-refractivity contribution in [1.29, 1.82) is 0 Å². The van der Waals surface area contributed by atoms with Crippen LogP contribution in [0.25, 0.3) is 0 Å². The van der Waals surface area contributed by atoms with Crippen LogP contribution in [0.5, 0.6) is 0 Å². The summed E-state index contributed by atoms with van der Waals surface area (Å²) < 4.78 is 11.7. The summed E-state index contributed by atoms with van der Waals surface area (Å²) in [5.41, 5.74) is 0.597. The van der Waals surface area contributed by atoms with Gasteiger partial charge in [0, 0.05) is 19.8 Å². The van der Waals surface area contributed by atoms with E-state index < -0.39 is 0 Å². The van der Waals surface area contributed by atoms with Gasteiger partial charge in [-0.1, -0.05) is 53.9 Å². The molecule has 4 fully saturated rings. The Morgan fingerprint density at radius 1 is 0.800 bits per heavy atom. The summed E-state index contributed by atoms with van der Waals surface area (Å²) in [6.07, 6.45) is 13.3. The molecule has 0 heterocycles. The molecule has 0 unspecified atom stereocenters. The van der Waals surface area contributed by atoms with Gasteiger partial charge in [-0.05, 0) is 97.7 Å². The highest BCUT2D eigenvalue weighted by Gasteiger charge is 2.63. The van der Waals surface area contributed by atoms with Gasteiger partial charge in [0.15, 0.2) is 0 Å². The van der Waals surface area contributed by atoms with Crippen LogP contribution >= 0.6 is 0 Å². The average Bonchev–Trinajstić information content (AvgIpc) is 3.11. The third kappa shape index (κ3) is 5.19. The van der Waals surface area contributed by atoms with Crippen molar-refractivity contribution in [3.63, 3.8) is 0 Å². The molecular weight excluding hydrogens is 436 g/mol. The normalized spacial score (nSPS) is 43.6. The Morgan fingerprint density at radius 3 is 2.11 bits per heavy atom. The van der Waals surface area contributed by atoms with Gasteiger partial charge in [0.25, 0.3) is 0 Å². The highest BCUT2D eigenvalue weighted by molar-refractivity contribution is 5.66. The van der Waals surface area contributed by atoms with Crippen molar-refractivity contribution < 1.29 is 19.1 Å². The smallest absolute Gasteiger partial charge is 0.302 e. The minimum absolute atomic E-state index is 0.0309. The number of carbonyl (C=O) groups excluding carboxylic acids is 2. The molecule has 0 aromatic carbocycles. The molecule has 0 amide bonds. The maximum absolute atomic E-state index is 12.2. The second kappa shape index (κ2) is 10.4. The Bertz CT molecular complexity index is 776. The van der Waals surface area contributed by atoms with E-state index in [2.05, 4.69) is 34.6 Å². The van der Waals surface area contributed by atoms with Gasteiger partial charge in [-0.2, -0.15) is 0 Å². The topological polar surface area (TPSA) is 52.6 Å². The first-order chi connectivity index (χ1) is 16.5. The monoisotopic (exact) mass is 488 g/mol. The largest absolute Gasteiger partial charge is 0.463 e. The molecule has 0 N–H and O–H groups in total. The first kappa shape index (κ1) is 27.0. The van der Waals surface area contributed by atoms with Crippen molar-refractivity contribution >= 4 is 11.9 Å². The third-order valence-electron chi connectivity index (χ3n) is 11.5. The van der Waals surface area contributed by atoms with Crippen LogP contribution in [0.1, 0.15) is 119 Å². The van der Waals surface area contributed by atoms with Gasteiger partial charge < -0.3 is 9.47 Å². The van der Waals surface area contributed by atoms with Crippen molar-refractivity contribution in [2.45, 2.75) is 131 Å². The molecule has 35 heavy (non-hydrogen) atoms. The van der Waals surface area contributed by atoms with Gasteiger partial charge in [0.1, 0.15) is 12.2 Å². The average molecular weight is 489 g/mol. The summed E-state index contributed by atoms with van der Waals surface area (Å²) in [5, 5.41) is 0. The molecular formula is C31H52O4. The highest BCUT2D eigenvalue weighted by Crippen LogP contribution is 2.68. The van der Waals surface area contributed by atoms with Crippen molar-refractivity contribution in [1.82, 2.24) is 0 Å². The number of rotatable bonds is 7. The lowest BCUT2D eigenvalue weighted by Gasteiger charge is -2.62. The van der Waals surface area contributed by atoms with Gasteiger partial charge >= 0.3 is 11.9 Å². The van der Waals surface area contributed by atoms with E-state index in [1.165, 1.54) is 51.9 Å². The minimum atomic E-state index is -0.190. The molecule has 10 atom stereocenters. The molecule has 200 valence electrons. The summed E-state index contributed by atoms with van der Waals surface area (Å²) in [5.74, 6) is 4.48. The quantitative estimate of drug-likeness (QED) is 0.347. The van der Waals surface area contributed by atoms with Gasteiger partial charge in [0.05, 0.1) is 0 Å². The lowest BCUT2D eigenvalue weighted by molar-refractivity contribution is -0.197. The Morgan fingerprint density at radius 2 is 1.46 bits per heavy atom. The van der Waals surface area contributed by atoms with Crippen molar-refractivity contribution in [2.24, 2.45) is 52.3 Å².